The number of carbonyl (C=O) groups is 1. The number of likely N-dealkylation sites (tertiary alicyclic amines) is 1. The van der Waals surface area contributed by atoms with E-state index in [-0.39, 0.29) is 18.2 Å². The highest BCUT2D eigenvalue weighted by Crippen LogP contribution is 2.24. The van der Waals surface area contributed by atoms with Gasteiger partial charge in [-0.2, -0.15) is 0 Å². The van der Waals surface area contributed by atoms with E-state index in [2.05, 4.69) is 31.0 Å². The lowest BCUT2D eigenvalue weighted by atomic mass is 9.95. The molecule has 2 amide bonds. The highest BCUT2D eigenvalue weighted by atomic mass is 16.5. The first-order valence-electron chi connectivity index (χ1n) is 9.55. The first-order chi connectivity index (χ1) is 11.5. The van der Waals surface area contributed by atoms with Crippen molar-refractivity contribution in [2.75, 3.05) is 39.5 Å². The van der Waals surface area contributed by atoms with Gasteiger partial charge < -0.3 is 19.7 Å². The van der Waals surface area contributed by atoms with Crippen LogP contribution in [-0.4, -0.2) is 79.5 Å². The van der Waals surface area contributed by atoms with Crippen LogP contribution in [0.2, 0.25) is 0 Å². The zero-order valence-corrected chi connectivity index (χ0v) is 15.4. The predicted molar refractivity (Wildman–Crippen MR) is 93.1 cm³/mol. The minimum absolute atomic E-state index is 0.104. The summed E-state index contributed by atoms with van der Waals surface area (Å²) in [6.07, 6.45) is 3.18. The van der Waals surface area contributed by atoms with Gasteiger partial charge in [0.05, 0.1) is 19.3 Å². The molecule has 0 saturated carbocycles. The number of rotatable bonds is 3. The summed E-state index contributed by atoms with van der Waals surface area (Å²) in [5.74, 6) is 0.501. The number of hydrogen-bond acceptors (Lipinski definition) is 4. The largest absolute Gasteiger partial charge is 0.379 e. The molecule has 3 aliphatic rings. The molecule has 3 rings (SSSR count). The van der Waals surface area contributed by atoms with E-state index < -0.39 is 0 Å². The maximum Gasteiger partial charge on any atom is 0.317 e. The minimum atomic E-state index is 0.104. The quantitative estimate of drug-likeness (QED) is 0.850. The van der Waals surface area contributed by atoms with E-state index in [1.807, 2.05) is 4.90 Å². The van der Waals surface area contributed by atoms with Crippen molar-refractivity contribution in [3.63, 3.8) is 0 Å². The predicted octanol–water partition coefficient (Wildman–Crippen LogP) is 1.69. The molecule has 1 N–H and O–H groups in total. The number of nitrogens with one attached hydrogen (secondary N) is 1. The Labute approximate surface area is 145 Å². The monoisotopic (exact) mass is 339 g/mol. The Morgan fingerprint density at radius 1 is 1.17 bits per heavy atom. The topological polar surface area (TPSA) is 54.0 Å². The first kappa shape index (κ1) is 18.0. The van der Waals surface area contributed by atoms with Crippen molar-refractivity contribution in [3.05, 3.63) is 0 Å². The van der Waals surface area contributed by atoms with Crippen LogP contribution in [0.1, 0.15) is 40.0 Å². The molecule has 3 fully saturated rings. The Morgan fingerprint density at radius 2 is 1.92 bits per heavy atom. The zero-order valence-electron chi connectivity index (χ0n) is 15.4. The molecule has 4 unspecified atom stereocenters. The van der Waals surface area contributed by atoms with Crippen molar-refractivity contribution in [2.45, 2.75) is 64.3 Å². The molecule has 0 spiro atoms. The number of nitrogens with zero attached hydrogens (tertiary/aromatic N) is 2. The first-order valence-corrected chi connectivity index (χ1v) is 9.55. The van der Waals surface area contributed by atoms with Crippen molar-refractivity contribution >= 4 is 6.03 Å². The van der Waals surface area contributed by atoms with Crippen molar-refractivity contribution in [1.29, 1.82) is 0 Å². The Kier molecular flexibility index (Phi) is 6.00. The van der Waals surface area contributed by atoms with Gasteiger partial charge >= 0.3 is 6.03 Å². The van der Waals surface area contributed by atoms with Gasteiger partial charge in [0.15, 0.2) is 0 Å². The van der Waals surface area contributed by atoms with Gasteiger partial charge in [-0.05, 0) is 32.1 Å². The number of hydrogen-bond donors (Lipinski definition) is 1. The molecule has 0 aliphatic carbocycles. The van der Waals surface area contributed by atoms with Crippen LogP contribution in [0.5, 0.6) is 0 Å². The molecule has 0 aromatic carbocycles. The van der Waals surface area contributed by atoms with Crippen molar-refractivity contribution in [2.24, 2.45) is 5.92 Å². The Bertz CT molecular complexity index is 426. The average molecular weight is 339 g/mol. The highest BCUT2D eigenvalue weighted by Gasteiger charge is 2.37. The third-order valence-electron chi connectivity index (χ3n) is 5.76. The van der Waals surface area contributed by atoms with Crippen LogP contribution in [0.15, 0.2) is 0 Å². The van der Waals surface area contributed by atoms with E-state index in [1.54, 1.807) is 0 Å². The van der Waals surface area contributed by atoms with Crippen LogP contribution < -0.4 is 5.32 Å². The smallest absolute Gasteiger partial charge is 0.317 e. The number of ether oxygens (including phenoxy) is 2. The third kappa shape index (κ3) is 4.21. The fourth-order valence-electron chi connectivity index (χ4n) is 4.17. The summed E-state index contributed by atoms with van der Waals surface area (Å²) in [6.45, 7) is 11.7. The normalized spacial score (nSPS) is 35.4. The molecule has 0 radical (unpaired) electrons. The molecule has 0 aromatic heterocycles. The fourth-order valence-corrected chi connectivity index (χ4v) is 4.17. The van der Waals surface area contributed by atoms with E-state index in [1.165, 1.54) is 0 Å². The number of morpholine rings is 1. The minimum Gasteiger partial charge on any atom is -0.379 e. The van der Waals surface area contributed by atoms with Crippen LogP contribution in [0.25, 0.3) is 0 Å². The number of carbonyl (C=O) groups excluding carboxylic acids is 1. The van der Waals surface area contributed by atoms with Crippen molar-refractivity contribution in [1.82, 2.24) is 15.1 Å². The van der Waals surface area contributed by atoms with Crippen LogP contribution in [0.3, 0.4) is 0 Å². The molecular weight excluding hydrogens is 306 g/mol. The maximum absolute atomic E-state index is 12.8. The van der Waals surface area contributed by atoms with Gasteiger partial charge in [0, 0.05) is 44.4 Å². The third-order valence-corrected chi connectivity index (χ3v) is 5.76. The second-order valence-electron chi connectivity index (χ2n) is 7.86. The standard InChI is InChI=1S/C18H33N3O3/c1-13(2)17-11-15(4-7-24-17)19-18(22)21-12-16(10-14(21)3)20-5-8-23-9-6-20/h13-17H,4-12H2,1-3H3,(H,19,22). The Balaban J connectivity index is 1.51. The van der Waals surface area contributed by atoms with E-state index in [0.29, 0.717) is 18.0 Å². The summed E-state index contributed by atoms with van der Waals surface area (Å²) >= 11 is 0. The van der Waals surface area contributed by atoms with E-state index in [0.717, 1.165) is 58.7 Å². The lowest BCUT2D eigenvalue weighted by Crippen LogP contribution is -2.50. The molecule has 6 heteroatoms. The summed E-state index contributed by atoms with van der Waals surface area (Å²) < 4.78 is 11.3. The van der Waals surface area contributed by atoms with Crippen LogP contribution in [-0.2, 0) is 9.47 Å². The summed E-state index contributed by atoms with van der Waals surface area (Å²) in [5, 5.41) is 3.26. The lowest BCUT2D eigenvalue weighted by Gasteiger charge is -2.34. The summed E-state index contributed by atoms with van der Waals surface area (Å²) in [6, 6.07) is 1.13. The fraction of sp³-hybridized carbons (Fsp3) is 0.944. The lowest BCUT2D eigenvalue weighted by molar-refractivity contribution is -0.0231. The van der Waals surface area contributed by atoms with E-state index in [4.69, 9.17) is 9.47 Å². The van der Waals surface area contributed by atoms with Gasteiger partial charge in [-0.15, -0.1) is 0 Å². The molecule has 138 valence electrons. The van der Waals surface area contributed by atoms with Gasteiger partial charge in [-0.3, -0.25) is 4.90 Å². The zero-order chi connectivity index (χ0) is 17.1. The van der Waals surface area contributed by atoms with Crippen LogP contribution in [0, 0.1) is 5.92 Å². The van der Waals surface area contributed by atoms with Crippen LogP contribution in [0.4, 0.5) is 4.79 Å². The van der Waals surface area contributed by atoms with E-state index >= 15 is 0 Å². The second kappa shape index (κ2) is 8.02. The molecule has 3 aliphatic heterocycles. The van der Waals surface area contributed by atoms with Crippen molar-refractivity contribution in [3.8, 4) is 0 Å². The highest BCUT2D eigenvalue weighted by molar-refractivity contribution is 5.75. The van der Waals surface area contributed by atoms with Crippen molar-refractivity contribution < 1.29 is 14.3 Å². The molecule has 0 bridgehead atoms. The number of urea groups is 1. The van der Waals surface area contributed by atoms with Gasteiger partial charge in [-0.1, -0.05) is 13.8 Å². The summed E-state index contributed by atoms with van der Waals surface area (Å²) in [7, 11) is 0. The molecule has 0 aromatic rings. The summed E-state index contributed by atoms with van der Waals surface area (Å²) in [4.78, 5) is 17.3. The molecule has 6 nitrogen and oxygen atoms in total. The van der Waals surface area contributed by atoms with Crippen LogP contribution >= 0.6 is 0 Å². The van der Waals surface area contributed by atoms with Gasteiger partial charge in [-0.25, -0.2) is 4.79 Å². The maximum atomic E-state index is 12.8. The van der Waals surface area contributed by atoms with E-state index in [9.17, 15) is 4.79 Å². The molecule has 3 saturated heterocycles. The molecule has 3 heterocycles. The Morgan fingerprint density at radius 3 is 2.62 bits per heavy atom. The molecular formula is C18H33N3O3. The summed E-state index contributed by atoms with van der Waals surface area (Å²) in [5.41, 5.74) is 0. The second-order valence-corrected chi connectivity index (χ2v) is 7.86. The SMILES string of the molecule is CC(C)C1CC(NC(=O)N2CC(N3CCOCC3)CC2C)CCO1. The number of amides is 2. The van der Waals surface area contributed by atoms with Gasteiger partial charge in [0.25, 0.3) is 0 Å². The molecule has 24 heavy (non-hydrogen) atoms. The average Bonchev–Trinajstić information content (AvgIpc) is 2.98. The Hall–Kier alpha value is -0.850. The van der Waals surface area contributed by atoms with Gasteiger partial charge in [0.2, 0.25) is 0 Å². The van der Waals surface area contributed by atoms with Gasteiger partial charge in [0.1, 0.15) is 0 Å². The molecule has 4 atom stereocenters.